The molecule has 0 bridgehead atoms. The van der Waals surface area contributed by atoms with Crippen LogP contribution in [0.2, 0.25) is 10.0 Å². The minimum atomic E-state index is -3.84. The number of ether oxygens (including phenoxy) is 1. The van der Waals surface area contributed by atoms with Crippen LogP contribution < -0.4 is 4.74 Å². The highest BCUT2D eigenvalue weighted by Crippen LogP contribution is 2.37. The fourth-order valence-corrected chi connectivity index (χ4v) is 1.29. The average Bonchev–Trinajstić information content (AvgIpc) is 1.96. The van der Waals surface area contributed by atoms with Crippen molar-refractivity contribution < 1.29 is 18.6 Å². The third-order valence-electron chi connectivity index (χ3n) is 1.22. The van der Waals surface area contributed by atoms with Gasteiger partial charge in [0.15, 0.2) is 5.75 Å². The molecule has 0 spiro atoms. The van der Waals surface area contributed by atoms with E-state index in [-0.39, 0.29) is 15.8 Å². The predicted molar refractivity (Wildman–Crippen MR) is 49.6 cm³/mol. The monoisotopic (exact) mass is 262 g/mol. The molecule has 0 radical (unpaired) electrons. The third-order valence-corrected chi connectivity index (χ3v) is 1.88. The van der Waals surface area contributed by atoms with Gasteiger partial charge in [-0.1, -0.05) is 23.2 Å². The molecule has 0 fully saturated rings. The number of benzene rings is 1. The van der Waals surface area contributed by atoms with E-state index in [1.165, 1.54) is 0 Å². The van der Waals surface area contributed by atoms with Gasteiger partial charge in [0.1, 0.15) is 5.75 Å². The summed E-state index contributed by atoms with van der Waals surface area (Å²) in [5, 5.41) is 8.69. The molecule has 1 N–H and O–H groups in total. The van der Waals surface area contributed by atoms with E-state index in [2.05, 4.69) is 16.3 Å². The van der Waals surface area contributed by atoms with Gasteiger partial charge in [-0.2, -0.15) is 0 Å². The number of phenolic OH excluding ortho intramolecular Hbond substituents is 1. The maximum absolute atomic E-state index is 12.2. The summed E-state index contributed by atoms with van der Waals surface area (Å²) in [4.78, 5) is 0. The van der Waals surface area contributed by atoms with Crippen LogP contribution in [0.3, 0.4) is 0 Å². The summed E-state index contributed by atoms with van der Waals surface area (Å²) in [6.07, 6.45) is 0. The van der Waals surface area contributed by atoms with E-state index in [0.717, 1.165) is 12.1 Å². The molecule has 0 unspecified atom stereocenters. The molecule has 14 heavy (non-hydrogen) atoms. The van der Waals surface area contributed by atoms with E-state index in [4.69, 9.17) is 28.3 Å². The van der Waals surface area contributed by atoms with E-state index < -0.39 is 11.3 Å². The number of aromatic hydroxyl groups is 1. The zero-order valence-corrected chi connectivity index (χ0v) is 8.67. The van der Waals surface area contributed by atoms with E-state index in [1.807, 2.05) is 0 Å². The number of rotatable bonds is 2. The van der Waals surface area contributed by atoms with Crippen LogP contribution in [-0.4, -0.2) is 10.7 Å². The maximum Gasteiger partial charge on any atom is 0.487 e. The molecule has 0 aromatic heterocycles. The Morgan fingerprint density at radius 3 is 2.00 bits per heavy atom. The zero-order valence-electron chi connectivity index (χ0n) is 6.40. The lowest BCUT2D eigenvalue weighted by Crippen LogP contribution is -2.15. The molecule has 1 aromatic carbocycles. The minimum absolute atomic E-state index is 0.201. The molecule has 2 nitrogen and oxygen atoms in total. The lowest BCUT2D eigenvalue weighted by molar-refractivity contribution is -0.0964. The van der Waals surface area contributed by atoms with Crippen LogP contribution in [0.25, 0.3) is 0 Å². The number of halogens is 5. The molecule has 0 aliphatic rings. The molecular formula is C7H3Cl3F2O2. The van der Waals surface area contributed by atoms with Crippen molar-refractivity contribution in [2.75, 3.05) is 0 Å². The Morgan fingerprint density at radius 2 is 1.64 bits per heavy atom. The highest BCUT2D eigenvalue weighted by Gasteiger charge is 2.28. The van der Waals surface area contributed by atoms with Crippen LogP contribution in [-0.2, 0) is 0 Å². The van der Waals surface area contributed by atoms with Crippen LogP contribution in [0.15, 0.2) is 12.1 Å². The van der Waals surface area contributed by atoms with Gasteiger partial charge < -0.3 is 9.84 Å². The van der Waals surface area contributed by atoms with Crippen LogP contribution in [0.5, 0.6) is 11.5 Å². The number of hydrogen-bond donors (Lipinski definition) is 1. The van der Waals surface area contributed by atoms with Crippen LogP contribution >= 0.6 is 34.8 Å². The Labute approximate surface area is 92.9 Å². The summed E-state index contributed by atoms with van der Waals surface area (Å²) < 4.78 is 28.3. The fraction of sp³-hybridized carbons (Fsp3) is 0.143. The smallest absolute Gasteiger partial charge is 0.487 e. The van der Waals surface area contributed by atoms with Crippen molar-refractivity contribution in [1.29, 1.82) is 0 Å². The topological polar surface area (TPSA) is 29.5 Å². The van der Waals surface area contributed by atoms with Gasteiger partial charge in [0, 0.05) is 23.7 Å². The molecule has 1 aromatic rings. The van der Waals surface area contributed by atoms with Crippen molar-refractivity contribution in [3.63, 3.8) is 0 Å². The van der Waals surface area contributed by atoms with Crippen molar-refractivity contribution in [1.82, 2.24) is 0 Å². The first-order chi connectivity index (χ1) is 6.29. The number of hydrogen-bond acceptors (Lipinski definition) is 2. The zero-order chi connectivity index (χ0) is 10.9. The SMILES string of the molecule is Oc1c(Cl)cc(OC(F)(F)Cl)cc1Cl. The van der Waals surface area contributed by atoms with Gasteiger partial charge >= 0.3 is 5.57 Å². The molecular weight excluding hydrogens is 260 g/mol. The van der Waals surface area contributed by atoms with Crippen molar-refractivity contribution in [2.24, 2.45) is 0 Å². The van der Waals surface area contributed by atoms with Crippen molar-refractivity contribution >= 4 is 34.8 Å². The highest BCUT2D eigenvalue weighted by atomic mass is 35.5. The lowest BCUT2D eigenvalue weighted by Gasteiger charge is -2.11. The fourth-order valence-electron chi connectivity index (χ4n) is 0.735. The van der Waals surface area contributed by atoms with Gasteiger partial charge in [-0.25, -0.2) is 0 Å². The largest absolute Gasteiger partial charge is 0.505 e. The Kier molecular flexibility index (Phi) is 3.29. The second kappa shape index (κ2) is 3.96. The second-order valence-electron chi connectivity index (χ2n) is 2.28. The normalized spacial score (nSPS) is 11.5. The summed E-state index contributed by atoms with van der Waals surface area (Å²) in [5.41, 5.74) is -3.84. The number of phenols is 1. The molecule has 0 amide bonds. The minimum Gasteiger partial charge on any atom is -0.505 e. The van der Waals surface area contributed by atoms with Gasteiger partial charge in [-0.05, 0) is 0 Å². The molecule has 7 heteroatoms. The summed E-state index contributed by atoms with van der Waals surface area (Å²) in [7, 11) is 0. The van der Waals surface area contributed by atoms with Gasteiger partial charge in [-0.15, -0.1) is 8.78 Å². The van der Waals surface area contributed by atoms with Crippen molar-refractivity contribution in [3.8, 4) is 11.5 Å². The molecule has 0 aliphatic heterocycles. The molecule has 0 heterocycles. The highest BCUT2D eigenvalue weighted by molar-refractivity contribution is 6.37. The Balaban J connectivity index is 3.02. The Morgan fingerprint density at radius 1 is 1.21 bits per heavy atom. The van der Waals surface area contributed by atoms with Gasteiger partial charge in [0.05, 0.1) is 10.0 Å². The van der Waals surface area contributed by atoms with E-state index >= 15 is 0 Å². The lowest BCUT2D eigenvalue weighted by atomic mass is 10.3. The van der Waals surface area contributed by atoms with Gasteiger partial charge in [0.25, 0.3) is 0 Å². The Hall–Kier alpha value is -0.450. The molecule has 0 atom stereocenters. The maximum atomic E-state index is 12.2. The van der Waals surface area contributed by atoms with E-state index in [1.54, 1.807) is 0 Å². The summed E-state index contributed by atoms with van der Waals surface area (Å²) >= 11 is 15.4. The van der Waals surface area contributed by atoms with E-state index in [9.17, 15) is 8.78 Å². The summed E-state index contributed by atoms with van der Waals surface area (Å²) in [6.45, 7) is 0. The van der Waals surface area contributed by atoms with Crippen molar-refractivity contribution in [2.45, 2.75) is 5.57 Å². The first-order valence-corrected chi connectivity index (χ1v) is 4.37. The predicted octanol–water partition coefficient (Wildman–Crippen LogP) is 3.87. The first kappa shape index (κ1) is 11.6. The van der Waals surface area contributed by atoms with Gasteiger partial charge in [-0.3, -0.25) is 0 Å². The molecule has 1 rings (SSSR count). The summed E-state index contributed by atoms with van der Waals surface area (Å²) in [6, 6.07) is 1.94. The molecule has 0 saturated carbocycles. The third kappa shape index (κ3) is 3.04. The van der Waals surface area contributed by atoms with E-state index in [0.29, 0.717) is 0 Å². The number of alkyl halides is 3. The summed E-state index contributed by atoms with van der Waals surface area (Å²) in [5.74, 6) is -0.739. The Bertz CT molecular complexity index is 328. The first-order valence-electron chi connectivity index (χ1n) is 3.23. The molecule has 78 valence electrons. The quantitative estimate of drug-likeness (QED) is 0.821. The molecule has 0 aliphatic carbocycles. The molecule has 0 saturated heterocycles. The van der Waals surface area contributed by atoms with Crippen LogP contribution in [0, 0.1) is 0 Å². The standard InChI is InChI=1S/C7H3Cl3F2O2/c8-4-1-3(14-7(10,11)12)2-5(9)6(4)13/h1-2,13H. The van der Waals surface area contributed by atoms with Gasteiger partial charge in [0.2, 0.25) is 0 Å². The second-order valence-corrected chi connectivity index (χ2v) is 3.54. The van der Waals surface area contributed by atoms with Crippen molar-refractivity contribution in [3.05, 3.63) is 22.2 Å². The van der Waals surface area contributed by atoms with Crippen LogP contribution in [0.1, 0.15) is 0 Å². The van der Waals surface area contributed by atoms with Crippen LogP contribution in [0.4, 0.5) is 8.78 Å². The average molecular weight is 263 g/mol.